The number of hydrogen-bond acceptors (Lipinski definition) is 3. The molecule has 0 bridgehead atoms. The standard InChI is InChI=1S/C14H27N3O/c1-11(16(3)13-6-7-13)10-15-12(2)14(18)17-8-4-5-9-17/h11-13,15H,4-10H2,1-3H3. The Morgan fingerprint density at radius 1 is 1.33 bits per heavy atom. The normalized spacial score (nSPS) is 23.4. The number of nitrogens with one attached hydrogen (secondary N) is 1. The van der Waals surface area contributed by atoms with E-state index < -0.39 is 0 Å². The predicted molar refractivity (Wildman–Crippen MR) is 73.5 cm³/mol. The van der Waals surface area contributed by atoms with Crippen LogP contribution in [-0.2, 0) is 4.79 Å². The van der Waals surface area contributed by atoms with Gasteiger partial charge in [0, 0.05) is 31.7 Å². The number of hydrogen-bond donors (Lipinski definition) is 1. The molecule has 1 saturated heterocycles. The molecule has 1 aliphatic carbocycles. The highest BCUT2D eigenvalue weighted by atomic mass is 16.2. The number of amides is 1. The Balaban J connectivity index is 1.69. The first-order valence-corrected chi connectivity index (χ1v) is 7.33. The summed E-state index contributed by atoms with van der Waals surface area (Å²) in [5, 5.41) is 3.39. The fourth-order valence-corrected chi connectivity index (χ4v) is 2.63. The van der Waals surface area contributed by atoms with Gasteiger partial charge in [-0.2, -0.15) is 0 Å². The van der Waals surface area contributed by atoms with Crippen LogP contribution in [0.3, 0.4) is 0 Å². The van der Waals surface area contributed by atoms with E-state index in [9.17, 15) is 4.79 Å². The lowest BCUT2D eigenvalue weighted by Crippen LogP contribution is -2.48. The van der Waals surface area contributed by atoms with Crippen molar-refractivity contribution in [3.63, 3.8) is 0 Å². The highest BCUT2D eigenvalue weighted by Crippen LogP contribution is 2.26. The van der Waals surface area contributed by atoms with Crippen molar-refractivity contribution in [3.8, 4) is 0 Å². The van der Waals surface area contributed by atoms with Gasteiger partial charge in [0.15, 0.2) is 0 Å². The third kappa shape index (κ3) is 3.45. The summed E-state index contributed by atoms with van der Waals surface area (Å²) < 4.78 is 0. The van der Waals surface area contributed by atoms with Crippen molar-refractivity contribution < 1.29 is 4.79 Å². The Morgan fingerprint density at radius 3 is 2.50 bits per heavy atom. The number of likely N-dealkylation sites (tertiary alicyclic amines) is 1. The van der Waals surface area contributed by atoms with Crippen LogP contribution in [0.4, 0.5) is 0 Å². The SMILES string of the molecule is CC(NCC(C)N(C)C1CC1)C(=O)N1CCCC1. The van der Waals surface area contributed by atoms with E-state index in [0.29, 0.717) is 6.04 Å². The number of carbonyl (C=O) groups excluding carboxylic acids is 1. The molecule has 1 amide bonds. The number of nitrogens with zero attached hydrogens (tertiary/aromatic N) is 2. The van der Waals surface area contributed by atoms with Crippen LogP contribution >= 0.6 is 0 Å². The van der Waals surface area contributed by atoms with Crippen molar-refractivity contribution >= 4 is 5.91 Å². The molecule has 18 heavy (non-hydrogen) atoms. The number of rotatable bonds is 6. The van der Waals surface area contributed by atoms with Gasteiger partial charge < -0.3 is 10.2 Å². The maximum Gasteiger partial charge on any atom is 0.239 e. The van der Waals surface area contributed by atoms with Crippen LogP contribution in [-0.4, -0.2) is 60.5 Å². The van der Waals surface area contributed by atoms with E-state index in [0.717, 1.165) is 25.7 Å². The predicted octanol–water partition coefficient (Wildman–Crippen LogP) is 1.07. The molecule has 2 fully saturated rings. The van der Waals surface area contributed by atoms with Crippen molar-refractivity contribution in [1.29, 1.82) is 0 Å². The van der Waals surface area contributed by atoms with Crippen LogP contribution in [0, 0.1) is 0 Å². The summed E-state index contributed by atoms with van der Waals surface area (Å²) in [4.78, 5) is 16.5. The fraction of sp³-hybridized carbons (Fsp3) is 0.929. The van der Waals surface area contributed by atoms with Crippen molar-refractivity contribution in [3.05, 3.63) is 0 Å². The Labute approximate surface area is 111 Å². The first-order valence-electron chi connectivity index (χ1n) is 7.33. The van der Waals surface area contributed by atoms with Crippen LogP contribution < -0.4 is 5.32 Å². The molecule has 4 nitrogen and oxygen atoms in total. The lowest BCUT2D eigenvalue weighted by molar-refractivity contribution is -0.132. The maximum absolute atomic E-state index is 12.1. The Bertz CT molecular complexity index is 285. The molecule has 1 aliphatic heterocycles. The topological polar surface area (TPSA) is 35.6 Å². The third-order valence-electron chi connectivity index (χ3n) is 4.33. The van der Waals surface area contributed by atoms with Gasteiger partial charge in [-0.3, -0.25) is 9.69 Å². The average molecular weight is 253 g/mol. The van der Waals surface area contributed by atoms with E-state index in [1.54, 1.807) is 0 Å². The molecule has 4 heteroatoms. The molecule has 0 aromatic carbocycles. The molecule has 2 aliphatic rings. The van der Waals surface area contributed by atoms with Crippen LogP contribution in [0.1, 0.15) is 39.5 Å². The molecular formula is C14H27N3O. The smallest absolute Gasteiger partial charge is 0.239 e. The molecule has 0 spiro atoms. The molecule has 2 unspecified atom stereocenters. The number of carbonyl (C=O) groups is 1. The molecule has 2 atom stereocenters. The highest BCUT2D eigenvalue weighted by Gasteiger charge is 2.29. The molecule has 1 saturated carbocycles. The molecular weight excluding hydrogens is 226 g/mol. The molecule has 104 valence electrons. The molecule has 0 radical (unpaired) electrons. The largest absolute Gasteiger partial charge is 0.341 e. The zero-order chi connectivity index (χ0) is 13.1. The van der Waals surface area contributed by atoms with Gasteiger partial charge in [-0.15, -0.1) is 0 Å². The van der Waals surface area contributed by atoms with Gasteiger partial charge in [0.2, 0.25) is 5.91 Å². The van der Waals surface area contributed by atoms with Crippen LogP contribution in [0.2, 0.25) is 0 Å². The minimum atomic E-state index is -0.0434. The third-order valence-corrected chi connectivity index (χ3v) is 4.33. The van der Waals surface area contributed by atoms with Gasteiger partial charge in [-0.25, -0.2) is 0 Å². The van der Waals surface area contributed by atoms with Crippen molar-refractivity contribution in [2.24, 2.45) is 0 Å². The summed E-state index contributed by atoms with van der Waals surface area (Å²) in [6.45, 7) is 7.02. The van der Waals surface area contributed by atoms with E-state index in [4.69, 9.17) is 0 Å². The van der Waals surface area contributed by atoms with E-state index >= 15 is 0 Å². The van der Waals surface area contributed by atoms with Gasteiger partial charge >= 0.3 is 0 Å². The Kier molecular flexibility index (Phi) is 4.62. The van der Waals surface area contributed by atoms with Gasteiger partial charge in [-0.1, -0.05) is 0 Å². The lowest BCUT2D eigenvalue weighted by atomic mass is 10.2. The van der Waals surface area contributed by atoms with Crippen LogP contribution in [0.5, 0.6) is 0 Å². The monoisotopic (exact) mass is 253 g/mol. The van der Waals surface area contributed by atoms with E-state index in [1.807, 2.05) is 11.8 Å². The Morgan fingerprint density at radius 2 is 1.94 bits per heavy atom. The maximum atomic E-state index is 12.1. The van der Waals surface area contributed by atoms with Gasteiger partial charge in [-0.05, 0) is 46.6 Å². The van der Waals surface area contributed by atoms with Crippen molar-refractivity contribution in [1.82, 2.24) is 15.1 Å². The van der Waals surface area contributed by atoms with E-state index in [-0.39, 0.29) is 11.9 Å². The quantitative estimate of drug-likeness (QED) is 0.769. The first-order chi connectivity index (χ1) is 8.59. The summed E-state index contributed by atoms with van der Waals surface area (Å²) in [6, 6.07) is 1.25. The minimum Gasteiger partial charge on any atom is -0.341 e. The first kappa shape index (κ1) is 13.8. The Hall–Kier alpha value is -0.610. The average Bonchev–Trinajstić information content (AvgIpc) is 3.08. The molecule has 0 aromatic heterocycles. The molecule has 1 heterocycles. The van der Waals surface area contributed by atoms with E-state index in [2.05, 4.69) is 24.2 Å². The summed E-state index contributed by atoms with van der Waals surface area (Å²) in [7, 11) is 2.19. The summed E-state index contributed by atoms with van der Waals surface area (Å²) in [6.07, 6.45) is 5.00. The number of likely N-dealkylation sites (N-methyl/N-ethyl adjacent to an activating group) is 1. The van der Waals surface area contributed by atoms with Crippen LogP contribution in [0.15, 0.2) is 0 Å². The fourth-order valence-electron chi connectivity index (χ4n) is 2.63. The second-order valence-electron chi connectivity index (χ2n) is 5.91. The van der Waals surface area contributed by atoms with E-state index in [1.165, 1.54) is 25.7 Å². The minimum absolute atomic E-state index is 0.0434. The summed E-state index contributed by atoms with van der Waals surface area (Å²) in [5.41, 5.74) is 0. The van der Waals surface area contributed by atoms with Crippen molar-refractivity contribution in [2.45, 2.75) is 57.7 Å². The van der Waals surface area contributed by atoms with Gasteiger partial charge in [0.1, 0.15) is 0 Å². The molecule has 0 aromatic rings. The van der Waals surface area contributed by atoms with Gasteiger partial charge in [0.25, 0.3) is 0 Å². The van der Waals surface area contributed by atoms with Crippen molar-refractivity contribution in [2.75, 3.05) is 26.7 Å². The second kappa shape index (κ2) is 6.02. The molecule has 1 N–H and O–H groups in total. The summed E-state index contributed by atoms with van der Waals surface area (Å²) in [5.74, 6) is 0.272. The van der Waals surface area contributed by atoms with Crippen LogP contribution in [0.25, 0.3) is 0 Å². The summed E-state index contributed by atoms with van der Waals surface area (Å²) >= 11 is 0. The zero-order valence-electron chi connectivity index (χ0n) is 12.0. The molecule has 2 rings (SSSR count). The zero-order valence-corrected chi connectivity index (χ0v) is 12.0. The lowest BCUT2D eigenvalue weighted by Gasteiger charge is -2.27. The highest BCUT2D eigenvalue weighted by molar-refractivity contribution is 5.81. The second-order valence-corrected chi connectivity index (χ2v) is 5.91. The van der Waals surface area contributed by atoms with Gasteiger partial charge in [0.05, 0.1) is 6.04 Å².